The molecule has 0 atom stereocenters. The summed E-state index contributed by atoms with van der Waals surface area (Å²) in [7, 11) is 3.17. The second-order valence-corrected chi connectivity index (χ2v) is 8.70. The summed E-state index contributed by atoms with van der Waals surface area (Å²) in [4.78, 5) is 22.7. The Morgan fingerprint density at radius 1 is 0.971 bits per heavy atom. The van der Waals surface area contributed by atoms with E-state index in [1.54, 1.807) is 30.9 Å². The standard InChI is InChI=1S/C26H22N4O4S/c1-16-8-10-17(11-9-16)30-25(31)19-6-4-5-7-21(19)27-26(30)35-15-23-28-24(29-34-23)20-13-12-18(32-2)14-22(20)33-3/h4-14H,15H2,1-3H3. The van der Waals surface area contributed by atoms with Crippen LogP contribution in [0.1, 0.15) is 11.5 Å². The first kappa shape index (κ1) is 22.7. The number of thioether (sulfide) groups is 1. The van der Waals surface area contributed by atoms with Crippen molar-refractivity contribution in [3.63, 3.8) is 0 Å². The smallest absolute Gasteiger partial charge is 0.266 e. The minimum atomic E-state index is -0.129. The summed E-state index contributed by atoms with van der Waals surface area (Å²) in [6, 6.07) is 20.5. The number of para-hydroxylation sites is 1. The highest BCUT2D eigenvalue weighted by Gasteiger charge is 2.17. The van der Waals surface area contributed by atoms with Gasteiger partial charge in [-0.3, -0.25) is 9.36 Å². The van der Waals surface area contributed by atoms with E-state index in [9.17, 15) is 4.79 Å². The van der Waals surface area contributed by atoms with Crippen molar-refractivity contribution in [2.24, 2.45) is 0 Å². The Kier molecular flexibility index (Phi) is 6.24. The fourth-order valence-electron chi connectivity index (χ4n) is 3.66. The number of hydrogen-bond donors (Lipinski definition) is 0. The van der Waals surface area contributed by atoms with Crippen LogP contribution in [0, 0.1) is 6.92 Å². The maximum Gasteiger partial charge on any atom is 0.266 e. The van der Waals surface area contributed by atoms with E-state index in [-0.39, 0.29) is 5.56 Å². The van der Waals surface area contributed by atoms with Crippen LogP contribution in [0.25, 0.3) is 28.0 Å². The zero-order chi connectivity index (χ0) is 24.4. The zero-order valence-corrected chi connectivity index (χ0v) is 20.2. The van der Waals surface area contributed by atoms with Gasteiger partial charge in [-0.25, -0.2) is 4.98 Å². The number of hydrogen-bond acceptors (Lipinski definition) is 8. The molecule has 0 aliphatic rings. The zero-order valence-electron chi connectivity index (χ0n) is 19.4. The fourth-order valence-corrected chi connectivity index (χ4v) is 4.51. The lowest BCUT2D eigenvalue weighted by molar-refractivity contribution is 0.388. The SMILES string of the molecule is COc1ccc(-c2noc(CSc3nc4ccccc4c(=O)n3-c3ccc(C)cc3)n2)c(OC)c1. The predicted octanol–water partition coefficient (Wildman–Crippen LogP) is 5.05. The van der Waals surface area contributed by atoms with Crippen molar-refractivity contribution in [3.8, 4) is 28.6 Å². The lowest BCUT2D eigenvalue weighted by Crippen LogP contribution is -2.21. The molecule has 0 radical (unpaired) electrons. The van der Waals surface area contributed by atoms with Crippen LogP contribution in [-0.2, 0) is 5.75 Å². The van der Waals surface area contributed by atoms with Gasteiger partial charge in [0.05, 0.1) is 42.1 Å². The Morgan fingerprint density at radius 2 is 1.77 bits per heavy atom. The molecule has 0 spiro atoms. The van der Waals surface area contributed by atoms with Crippen LogP contribution in [0.4, 0.5) is 0 Å². The topological polar surface area (TPSA) is 92.3 Å². The quantitative estimate of drug-likeness (QED) is 0.233. The Balaban J connectivity index is 1.48. The number of ether oxygens (including phenoxy) is 2. The third kappa shape index (κ3) is 4.50. The van der Waals surface area contributed by atoms with Crippen molar-refractivity contribution < 1.29 is 14.0 Å². The van der Waals surface area contributed by atoms with Gasteiger partial charge in [-0.1, -0.05) is 46.7 Å². The van der Waals surface area contributed by atoms with Crippen LogP contribution in [0.3, 0.4) is 0 Å². The van der Waals surface area contributed by atoms with Crippen LogP contribution in [0.2, 0.25) is 0 Å². The van der Waals surface area contributed by atoms with Crippen LogP contribution in [-0.4, -0.2) is 33.9 Å². The molecular weight excluding hydrogens is 464 g/mol. The fraction of sp³-hybridized carbons (Fsp3) is 0.154. The molecule has 0 bridgehead atoms. The summed E-state index contributed by atoms with van der Waals surface area (Å²) in [6.07, 6.45) is 0. The number of benzene rings is 3. The molecule has 0 unspecified atom stereocenters. The van der Waals surface area contributed by atoms with Crippen molar-refractivity contribution in [2.75, 3.05) is 14.2 Å². The summed E-state index contributed by atoms with van der Waals surface area (Å²) in [5.74, 6) is 2.39. The second kappa shape index (κ2) is 9.63. The van der Waals surface area contributed by atoms with E-state index < -0.39 is 0 Å². The van der Waals surface area contributed by atoms with Gasteiger partial charge >= 0.3 is 0 Å². The molecule has 2 aromatic heterocycles. The van der Waals surface area contributed by atoms with Crippen molar-refractivity contribution in [1.29, 1.82) is 0 Å². The molecule has 3 aromatic carbocycles. The van der Waals surface area contributed by atoms with E-state index in [2.05, 4.69) is 10.1 Å². The molecule has 5 rings (SSSR count). The van der Waals surface area contributed by atoms with Gasteiger partial charge in [0.25, 0.3) is 5.56 Å². The lowest BCUT2D eigenvalue weighted by Gasteiger charge is -2.12. The first-order chi connectivity index (χ1) is 17.1. The molecule has 176 valence electrons. The largest absolute Gasteiger partial charge is 0.497 e. The molecule has 0 N–H and O–H groups in total. The normalized spacial score (nSPS) is 11.1. The number of nitrogens with zero attached hydrogens (tertiary/aromatic N) is 4. The van der Waals surface area contributed by atoms with Gasteiger partial charge < -0.3 is 14.0 Å². The van der Waals surface area contributed by atoms with E-state index in [0.29, 0.717) is 50.6 Å². The summed E-state index contributed by atoms with van der Waals surface area (Å²) in [5.41, 5.74) is 3.05. The van der Waals surface area contributed by atoms with Crippen LogP contribution in [0.5, 0.6) is 11.5 Å². The molecule has 0 fully saturated rings. The Labute approximate surface area is 205 Å². The first-order valence-corrected chi connectivity index (χ1v) is 11.8. The van der Waals surface area contributed by atoms with E-state index in [1.807, 2.05) is 61.5 Å². The highest BCUT2D eigenvalue weighted by Crippen LogP contribution is 2.32. The van der Waals surface area contributed by atoms with E-state index in [4.69, 9.17) is 19.0 Å². The molecule has 9 heteroatoms. The summed E-state index contributed by atoms with van der Waals surface area (Å²) < 4.78 is 17.8. The summed E-state index contributed by atoms with van der Waals surface area (Å²) in [6.45, 7) is 2.01. The van der Waals surface area contributed by atoms with Gasteiger partial charge in [0, 0.05) is 6.07 Å². The highest BCUT2D eigenvalue weighted by atomic mass is 32.2. The first-order valence-electron chi connectivity index (χ1n) is 10.8. The highest BCUT2D eigenvalue weighted by molar-refractivity contribution is 7.98. The van der Waals surface area contributed by atoms with Gasteiger partial charge in [0.2, 0.25) is 11.7 Å². The second-order valence-electron chi connectivity index (χ2n) is 7.75. The molecule has 5 aromatic rings. The molecule has 8 nitrogen and oxygen atoms in total. The van der Waals surface area contributed by atoms with Crippen LogP contribution in [0.15, 0.2) is 81.2 Å². The van der Waals surface area contributed by atoms with Gasteiger partial charge in [-0.05, 0) is 43.3 Å². The van der Waals surface area contributed by atoms with E-state index in [1.165, 1.54) is 11.8 Å². The molecule has 0 saturated heterocycles. The molecular formula is C26H22N4O4S. The van der Waals surface area contributed by atoms with Crippen molar-refractivity contribution in [1.82, 2.24) is 19.7 Å². The van der Waals surface area contributed by atoms with Gasteiger partial charge in [-0.15, -0.1) is 0 Å². The molecule has 0 aliphatic carbocycles. The molecule has 35 heavy (non-hydrogen) atoms. The third-order valence-electron chi connectivity index (χ3n) is 5.48. The predicted molar refractivity (Wildman–Crippen MR) is 134 cm³/mol. The number of aryl methyl sites for hydroxylation is 1. The molecule has 0 aliphatic heterocycles. The number of rotatable bonds is 7. The van der Waals surface area contributed by atoms with E-state index >= 15 is 0 Å². The minimum Gasteiger partial charge on any atom is -0.497 e. The monoisotopic (exact) mass is 486 g/mol. The van der Waals surface area contributed by atoms with E-state index in [0.717, 1.165) is 11.3 Å². The van der Waals surface area contributed by atoms with Gasteiger partial charge in [0.15, 0.2) is 5.16 Å². The molecule has 2 heterocycles. The third-order valence-corrected chi connectivity index (χ3v) is 6.40. The molecule has 0 saturated carbocycles. The minimum absolute atomic E-state index is 0.129. The summed E-state index contributed by atoms with van der Waals surface area (Å²) >= 11 is 1.36. The maximum atomic E-state index is 13.4. The number of methoxy groups -OCH3 is 2. The number of aromatic nitrogens is 4. The van der Waals surface area contributed by atoms with Crippen molar-refractivity contribution in [2.45, 2.75) is 17.8 Å². The lowest BCUT2D eigenvalue weighted by atomic mass is 10.2. The Hall–Kier alpha value is -4.11. The van der Waals surface area contributed by atoms with Crippen molar-refractivity contribution >= 4 is 22.7 Å². The van der Waals surface area contributed by atoms with Gasteiger partial charge in [0.1, 0.15) is 11.5 Å². The van der Waals surface area contributed by atoms with Gasteiger partial charge in [-0.2, -0.15) is 4.98 Å². The average Bonchev–Trinajstić information content (AvgIpc) is 3.37. The van der Waals surface area contributed by atoms with Crippen LogP contribution >= 0.6 is 11.8 Å². The maximum absolute atomic E-state index is 13.4. The Morgan fingerprint density at radius 3 is 2.54 bits per heavy atom. The Bertz CT molecular complexity index is 1560. The summed E-state index contributed by atoms with van der Waals surface area (Å²) in [5, 5.41) is 5.21. The average molecular weight is 487 g/mol. The number of fused-ring (bicyclic) bond motifs is 1. The van der Waals surface area contributed by atoms with Crippen LogP contribution < -0.4 is 15.0 Å². The van der Waals surface area contributed by atoms with Crippen molar-refractivity contribution in [3.05, 3.63) is 88.5 Å². The molecule has 0 amide bonds.